The van der Waals surface area contributed by atoms with Crippen LogP contribution < -0.4 is 0 Å². The minimum absolute atomic E-state index is 0.193. The number of phenolic OH excluding ortho intramolecular Hbond substituents is 1. The van der Waals surface area contributed by atoms with E-state index in [1.54, 1.807) is 24.3 Å². The van der Waals surface area contributed by atoms with E-state index in [1.165, 1.54) is 6.20 Å². The van der Waals surface area contributed by atoms with Crippen LogP contribution in [0.25, 0.3) is 11.5 Å². The van der Waals surface area contributed by atoms with Crippen molar-refractivity contribution in [3.05, 3.63) is 36.2 Å². The lowest BCUT2D eigenvalue weighted by Gasteiger charge is -1.95. The first-order valence-corrected chi connectivity index (χ1v) is 4.47. The Morgan fingerprint density at radius 1 is 1.33 bits per heavy atom. The van der Waals surface area contributed by atoms with Gasteiger partial charge in [-0.3, -0.25) is 0 Å². The molecule has 0 atom stereocenters. The predicted octanol–water partition coefficient (Wildman–Crippen LogP) is 1.79. The summed E-state index contributed by atoms with van der Waals surface area (Å²) in [6, 6.07) is 6.51. The molecule has 0 fully saturated rings. The fourth-order valence-electron chi connectivity index (χ4n) is 1.22. The highest BCUT2D eigenvalue weighted by Gasteiger charge is 2.05. The van der Waals surface area contributed by atoms with E-state index in [1.807, 2.05) is 0 Å². The van der Waals surface area contributed by atoms with Crippen molar-refractivity contribution in [3.63, 3.8) is 0 Å². The average Bonchev–Trinajstić information content (AvgIpc) is 2.68. The van der Waals surface area contributed by atoms with E-state index in [4.69, 9.17) is 9.52 Å². The Hall–Kier alpha value is -2.10. The fourth-order valence-corrected chi connectivity index (χ4v) is 1.22. The van der Waals surface area contributed by atoms with Gasteiger partial charge in [0.1, 0.15) is 17.8 Å². The largest absolute Gasteiger partial charge is 0.508 e. The third kappa shape index (κ3) is 2.04. The van der Waals surface area contributed by atoms with Crippen molar-refractivity contribution in [3.8, 4) is 17.2 Å². The molecule has 1 heterocycles. The van der Waals surface area contributed by atoms with Crippen LogP contribution in [0.1, 0.15) is 5.76 Å². The summed E-state index contributed by atoms with van der Waals surface area (Å²) in [6.07, 6.45) is 2.52. The van der Waals surface area contributed by atoms with Gasteiger partial charge in [-0.2, -0.15) is 0 Å². The Kier molecular flexibility index (Phi) is 2.49. The second-order valence-electron chi connectivity index (χ2n) is 3.05. The number of carbonyl (C=O) groups excluding carboxylic acids is 1. The number of aromatic nitrogens is 1. The van der Waals surface area contributed by atoms with Gasteiger partial charge >= 0.3 is 0 Å². The standard InChI is InChI=1S/C11H9NO3/c13-6-5-10-7-12-11(15-10)8-1-3-9(14)4-2-8/h1-4,6-7,14H,5H2. The highest BCUT2D eigenvalue weighted by molar-refractivity contribution is 5.56. The molecule has 0 unspecified atom stereocenters. The van der Waals surface area contributed by atoms with Crippen LogP contribution in [0.3, 0.4) is 0 Å². The van der Waals surface area contributed by atoms with E-state index in [9.17, 15) is 4.79 Å². The van der Waals surface area contributed by atoms with Crippen LogP contribution in [0, 0.1) is 0 Å². The van der Waals surface area contributed by atoms with Crippen LogP contribution in [0.2, 0.25) is 0 Å². The first kappa shape index (κ1) is 9.45. The van der Waals surface area contributed by atoms with Gasteiger partial charge in [0.05, 0.1) is 12.6 Å². The minimum Gasteiger partial charge on any atom is -0.508 e. The molecule has 15 heavy (non-hydrogen) atoms. The maximum Gasteiger partial charge on any atom is 0.226 e. The smallest absolute Gasteiger partial charge is 0.226 e. The van der Waals surface area contributed by atoms with Crippen molar-refractivity contribution < 1.29 is 14.3 Å². The Bertz CT molecular complexity index is 459. The van der Waals surface area contributed by atoms with Crippen LogP contribution in [-0.2, 0) is 11.2 Å². The number of carbonyl (C=O) groups is 1. The highest BCUT2D eigenvalue weighted by atomic mass is 16.4. The van der Waals surface area contributed by atoms with Gasteiger partial charge in [-0.15, -0.1) is 0 Å². The molecular formula is C11H9NO3. The molecule has 0 spiro atoms. The van der Waals surface area contributed by atoms with Crippen molar-refractivity contribution in [1.29, 1.82) is 0 Å². The Morgan fingerprint density at radius 3 is 2.73 bits per heavy atom. The quantitative estimate of drug-likeness (QED) is 0.772. The SMILES string of the molecule is O=CCc1cnc(-c2ccc(O)cc2)o1. The van der Waals surface area contributed by atoms with Crippen LogP contribution in [0.15, 0.2) is 34.9 Å². The van der Waals surface area contributed by atoms with Crippen molar-refractivity contribution in [2.24, 2.45) is 0 Å². The number of hydrogen-bond donors (Lipinski definition) is 1. The van der Waals surface area contributed by atoms with Crippen LogP contribution in [0.4, 0.5) is 0 Å². The summed E-state index contributed by atoms with van der Waals surface area (Å²) >= 11 is 0. The maximum atomic E-state index is 10.2. The molecule has 0 bridgehead atoms. The third-order valence-corrected chi connectivity index (χ3v) is 1.95. The second-order valence-corrected chi connectivity index (χ2v) is 3.05. The number of aromatic hydroxyl groups is 1. The van der Waals surface area contributed by atoms with Crippen LogP contribution >= 0.6 is 0 Å². The molecule has 0 amide bonds. The molecule has 0 aliphatic rings. The molecule has 0 saturated carbocycles. The number of benzene rings is 1. The summed E-state index contributed by atoms with van der Waals surface area (Å²) in [4.78, 5) is 14.3. The summed E-state index contributed by atoms with van der Waals surface area (Å²) in [5, 5.41) is 9.10. The lowest BCUT2D eigenvalue weighted by molar-refractivity contribution is -0.107. The lowest BCUT2D eigenvalue weighted by atomic mass is 10.2. The number of nitrogens with zero attached hydrogens (tertiary/aromatic N) is 1. The zero-order chi connectivity index (χ0) is 10.7. The summed E-state index contributed by atoms with van der Waals surface area (Å²) in [6.45, 7) is 0. The van der Waals surface area contributed by atoms with Gasteiger partial charge in [-0.1, -0.05) is 0 Å². The maximum absolute atomic E-state index is 10.2. The zero-order valence-electron chi connectivity index (χ0n) is 7.88. The van der Waals surface area contributed by atoms with Crippen LogP contribution in [-0.4, -0.2) is 16.4 Å². The van der Waals surface area contributed by atoms with E-state index in [2.05, 4.69) is 4.98 Å². The predicted molar refractivity (Wildman–Crippen MR) is 53.4 cm³/mol. The first-order chi connectivity index (χ1) is 7.29. The summed E-state index contributed by atoms with van der Waals surface area (Å²) < 4.78 is 5.33. The van der Waals surface area contributed by atoms with Gasteiger partial charge in [-0.05, 0) is 24.3 Å². The topological polar surface area (TPSA) is 63.3 Å². The van der Waals surface area contributed by atoms with Crippen molar-refractivity contribution in [2.75, 3.05) is 0 Å². The minimum atomic E-state index is 0.193. The van der Waals surface area contributed by atoms with Gasteiger partial charge in [0.15, 0.2) is 0 Å². The molecule has 1 N–H and O–H groups in total. The van der Waals surface area contributed by atoms with E-state index in [-0.39, 0.29) is 12.2 Å². The van der Waals surface area contributed by atoms with Crippen molar-refractivity contribution in [1.82, 2.24) is 4.98 Å². The summed E-state index contributed by atoms with van der Waals surface area (Å²) in [5.41, 5.74) is 0.768. The lowest BCUT2D eigenvalue weighted by Crippen LogP contribution is -1.79. The number of oxazole rings is 1. The van der Waals surface area contributed by atoms with E-state index in [0.717, 1.165) is 11.8 Å². The Labute approximate surface area is 86.2 Å². The first-order valence-electron chi connectivity index (χ1n) is 4.47. The number of rotatable bonds is 3. The molecule has 2 aromatic rings. The molecule has 4 heteroatoms. The molecule has 1 aromatic heterocycles. The van der Waals surface area contributed by atoms with E-state index in [0.29, 0.717) is 11.7 Å². The summed E-state index contributed by atoms with van der Waals surface area (Å²) in [5.74, 6) is 1.18. The van der Waals surface area contributed by atoms with E-state index >= 15 is 0 Å². The molecule has 0 aliphatic carbocycles. The normalized spacial score (nSPS) is 10.1. The number of hydrogen-bond acceptors (Lipinski definition) is 4. The molecule has 0 aliphatic heterocycles. The molecule has 2 rings (SSSR count). The van der Waals surface area contributed by atoms with Gasteiger partial charge < -0.3 is 14.3 Å². The van der Waals surface area contributed by atoms with Gasteiger partial charge in [0.25, 0.3) is 0 Å². The van der Waals surface area contributed by atoms with Gasteiger partial charge in [0.2, 0.25) is 5.89 Å². The molecule has 1 aromatic carbocycles. The monoisotopic (exact) mass is 203 g/mol. The van der Waals surface area contributed by atoms with Gasteiger partial charge in [-0.25, -0.2) is 4.98 Å². The molecular weight excluding hydrogens is 194 g/mol. The zero-order valence-corrected chi connectivity index (χ0v) is 7.88. The van der Waals surface area contributed by atoms with E-state index < -0.39 is 0 Å². The van der Waals surface area contributed by atoms with Crippen molar-refractivity contribution in [2.45, 2.75) is 6.42 Å². The Morgan fingerprint density at radius 2 is 2.07 bits per heavy atom. The Balaban J connectivity index is 2.28. The average molecular weight is 203 g/mol. The molecule has 76 valence electrons. The highest BCUT2D eigenvalue weighted by Crippen LogP contribution is 2.21. The molecule has 0 saturated heterocycles. The number of aldehydes is 1. The third-order valence-electron chi connectivity index (χ3n) is 1.95. The second kappa shape index (κ2) is 3.96. The number of phenols is 1. The molecule has 4 nitrogen and oxygen atoms in total. The fraction of sp³-hybridized carbons (Fsp3) is 0.0909. The molecule has 0 radical (unpaired) electrons. The van der Waals surface area contributed by atoms with Crippen molar-refractivity contribution >= 4 is 6.29 Å². The summed E-state index contributed by atoms with van der Waals surface area (Å²) in [7, 11) is 0. The van der Waals surface area contributed by atoms with Crippen LogP contribution in [0.5, 0.6) is 5.75 Å². The van der Waals surface area contributed by atoms with Gasteiger partial charge in [0, 0.05) is 5.56 Å².